The van der Waals surface area contributed by atoms with Crippen LogP contribution in [0.2, 0.25) is 0 Å². The molecule has 23 heavy (non-hydrogen) atoms. The van der Waals surface area contributed by atoms with Crippen LogP contribution in [0.3, 0.4) is 0 Å². The molecule has 0 amide bonds. The van der Waals surface area contributed by atoms with Crippen molar-refractivity contribution >= 4 is 23.5 Å². The van der Waals surface area contributed by atoms with Gasteiger partial charge in [-0.2, -0.15) is 23.5 Å². The molecule has 2 N–H and O–H groups in total. The topological polar surface area (TPSA) is 41.5 Å². The van der Waals surface area contributed by atoms with Crippen molar-refractivity contribution in [3.05, 3.63) is 29.3 Å². The highest BCUT2D eigenvalue weighted by Gasteiger charge is 2.36. The second-order valence-corrected chi connectivity index (χ2v) is 9.14. The fraction of sp³-hybridized carbons (Fsp3) is 0.667. The Bertz CT molecular complexity index is 540. The Morgan fingerprint density at radius 2 is 1.96 bits per heavy atom. The molecular formula is C18H25NO2S2. The third-order valence-corrected chi connectivity index (χ3v) is 7.64. The molecule has 5 heteroatoms. The van der Waals surface area contributed by atoms with E-state index in [0.29, 0.717) is 18.0 Å². The standard InChI is InChI=1S/C18H25NO2S2/c20-16-8-14(9-16)18(19-15-10-22-5-6-23-11-15)13-1-2-17-12(7-13)3-4-21-17/h1-2,7,14-16,18-20H,3-6,8-11H2. The zero-order valence-corrected chi connectivity index (χ0v) is 15.0. The van der Waals surface area contributed by atoms with E-state index in [4.69, 9.17) is 4.74 Å². The fourth-order valence-corrected chi connectivity index (χ4v) is 6.20. The largest absolute Gasteiger partial charge is 0.493 e. The minimum Gasteiger partial charge on any atom is -0.493 e. The van der Waals surface area contributed by atoms with Gasteiger partial charge in [-0.15, -0.1) is 0 Å². The third kappa shape index (κ3) is 3.68. The molecule has 0 spiro atoms. The Kier molecular flexibility index (Phi) is 5.09. The molecule has 0 aromatic heterocycles. The summed E-state index contributed by atoms with van der Waals surface area (Å²) in [5, 5.41) is 13.7. The van der Waals surface area contributed by atoms with Gasteiger partial charge in [0.05, 0.1) is 12.7 Å². The summed E-state index contributed by atoms with van der Waals surface area (Å²) in [4.78, 5) is 0. The van der Waals surface area contributed by atoms with Gasteiger partial charge in [0, 0.05) is 41.5 Å². The second kappa shape index (κ2) is 7.26. The van der Waals surface area contributed by atoms with Crippen LogP contribution in [0.5, 0.6) is 5.75 Å². The molecule has 1 aromatic rings. The van der Waals surface area contributed by atoms with Crippen molar-refractivity contribution in [3.63, 3.8) is 0 Å². The summed E-state index contributed by atoms with van der Waals surface area (Å²) < 4.78 is 5.65. The van der Waals surface area contributed by atoms with Crippen molar-refractivity contribution in [2.45, 2.75) is 37.5 Å². The lowest BCUT2D eigenvalue weighted by atomic mass is 9.74. The quantitative estimate of drug-likeness (QED) is 0.873. The van der Waals surface area contributed by atoms with Gasteiger partial charge < -0.3 is 15.2 Å². The van der Waals surface area contributed by atoms with Crippen LogP contribution in [-0.2, 0) is 6.42 Å². The van der Waals surface area contributed by atoms with E-state index in [0.717, 1.165) is 31.6 Å². The van der Waals surface area contributed by atoms with E-state index in [9.17, 15) is 5.11 Å². The van der Waals surface area contributed by atoms with Crippen molar-refractivity contribution in [3.8, 4) is 5.75 Å². The summed E-state index contributed by atoms with van der Waals surface area (Å²) in [6.07, 6.45) is 2.79. The first kappa shape index (κ1) is 16.1. The maximum absolute atomic E-state index is 9.76. The van der Waals surface area contributed by atoms with E-state index >= 15 is 0 Å². The molecule has 1 saturated carbocycles. The molecule has 0 bridgehead atoms. The van der Waals surface area contributed by atoms with Crippen molar-refractivity contribution in [1.82, 2.24) is 5.32 Å². The van der Waals surface area contributed by atoms with Crippen LogP contribution in [0.1, 0.15) is 30.0 Å². The number of hydrogen-bond donors (Lipinski definition) is 2. The minimum absolute atomic E-state index is 0.0973. The number of fused-ring (bicyclic) bond motifs is 1. The number of ether oxygens (including phenoxy) is 1. The van der Waals surface area contributed by atoms with Gasteiger partial charge in [0.15, 0.2) is 0 Å². The molecule has 2 fully saturated rings. The Hall–Kier alpha value is -0.360. The van der Waals surface area contributed by atoms with Crippen LogP contribution < -0.4 is 10.1 Å². The van der Waals surface area contributed by atoms with Gasteiger partial charge in [0.25, 0.3) is 0 Å². The number of hydrogen-bond acceptors (Lipinski definition) is 5. The third-order valence-electron chi connectivity index (χ3n) is 5.12. The molecule has 3 aliphatic rings. The monoisotopic (exact) mass is 351 g/mol. The fourth-order valence-electron chi connectivity index (χ4n) is 3.77. The smallest absolute Gasteiger partial charge is 0.122 e. The van der Waals surface area contributed by atoms with Crippen LogP contribution in [-0.4, -0.2) is 46.9 Å². The predicted molar refractivity (Wildman–Crippen MR) is 98.7 cm³/mol. The van der Waals surface area contributed by atoms with Crippen LogP contribution in [0, 0.1) is 5.92 Å². The molecule has 1 aromatic carbocycles. The summed E-state index contributed by atoms with van der Waals surface area (Å²) in [6, 6.07) is 7.64. The van der Waals surface area contributed by atoms with E-state index in [1.807, 2.05) is 0 Å². The van der Waals surface area contributed by atoms with Crippen LogP contribution in [0.4, 0.5) is 0 Å². The van der Waals surface area contributed by atoms with Gasteiger partial charge in [-0.1, -0.05) is 12.1 Å². The molecule has 126 valence electrons. The van der Waals surface area contributed by atoms with Crippen molar-refractivity contribution in [1.29, 1.82) is 0 Å². The Labute approximate surface area is 146 Å². The minimum atomic E-state index is -0.0973. The molecule has 1 unspecified atom stereocenters. The van der Waals surface area contributed by atoms with E-state index < -0.39 is 0 Å². The molecule has 2 heterocycles. The summed E-state index contributed by atoms with van der Waals surface area (Å²) in [6.45, 7) is 0.814. The lowest BCUT2D eigenvalue weighted by Gasteiger charge is -2.40. The number of rotatable bonds is 4. The predicted octanol–water partition coefficient (Wildman–Crippen LogP) is 2.87. The van der Waals surface area contributed by atoms with Gasteiger partial charge >= 0.3 is 0 Å². The highest BCUT2D eigenvalue weighted by Crippen LogP contribution is 2.40. The molecule has 2 aliphatic heterocycles. The summed E-state index contributed by atoms with van der Waals surface area (Å²) in [5.41, 5.74) is 2.73. The second-order valence-electron chi connectivity index (χ2n) is 6.84. The normalized spacial score (nSPS) is 29.3. The van der Waals surface area contributed by atoms with Gasteiger partial charge in [-0.05, 0) is 36.0 Å². The molecule has 3 nitrogen and oxygen atoms in total. The first-order valence-electron chi connectivity index (χ1n) is 8.65. The molecule has 1 aliphatic carbocycles. The van der Waals surface area contributed by atoms with Gasteiger partial charge in [-0.25, -0.2) is 0 Å². The van der Waals surface area contributed by atoms with Crippen LogP contribution in [0.15, 0.2) is 18.2 Å². The highest BCUT2D eigenvalue weighted by atomic mass is 32.2. The summed E-state index contributed by atoms with van der Waals surface area (Å²) >= 11 is 4.13. The summed E-state index contributed by atoms with van der Waals surface area (Å²) in [5.74, 6) is 6.56. The number of thioether (sulfide) groups is 2. The zero-order valence-electron chi connectivity index (χ0n) is 13.4. The average Bonchev–Trinajstić information content (AvgIpc) is 2.85. The van der Waals surface area contributed by atoms with Crippen molar-refractivity contribution in [2.24, 2.45) is 5.92 Å². The van der Waals surface area contributed by atoms with Crippen LogP contribution >= 0.6 is 23.5 Å². The molecule has 1 saturated heterocycles. The molecule has 1 atom stereocenters. The molecule has 0 radical (unpaired) electrons. The van der Waals surface area contributed by atoms with Gasteiger partial charge in [0.1, 0.15) is 5.75 Å². The maximum Gasteiger partial charge on any atom is 0.122 e. The molecular weight excluding hydrogens is 326 g/mol. The van der Waals surface area contributed by atoms with Crippen molar-refractivity contribution in [2.75, 3.05) is 29.6 Å². The van der Waals surface area contributed by atoms with E-state index in [1.165, 1.54) is 34.1 Å². The zero-order chi connectivity index (χ0) is 15.6. The SMILES string of the molecule is OC1CC(C(NC2CSCCSC2)c2ccc3c(c2)CCO3)C1. The van der Waals surface area contributed by atoms with Gasteiger partial charge in [0.2, 0.25) is 0 Å². The Morgan fingerprint density at radius 1 is 1.17 bits per heavy atom. The van der Waals surface area contributed by atoms with Crippen LogP contribution in [0.25, 0.3) is 0 Å². The maximum atomic E-state index is 9.76. The number of aliphatic hydroxyl groups excluding tert-OH is 1. The number of nitrogens with one attached hydrogen (secondary N) is 1. The van der Waals surface area contributed by atoms with E-state index in [-0.39, 0.29) is 6.10 Å². The first-order chi connectivity index (χ1) is 11.3. The lowest BCUT2D eigenvalue weighted by molar-refractivity contribution is 0.0228. The lowest BCUT2D eigenvalue weighted by Crippen LogP contribution is -2.44. The van der Waals surface area contributed by atoms with Crippen molar-refractivity contribution < 1.29 is 9.84 Å². The van der Waals surface area contributed by atoms with E-state index in [2.05, 4.69) is 47.0 Å². The average molecular weight is 352 g/mol. The van der Waals surface area contributed by atoms with Gasteiger partial charge in [-0.3, -0.25) is 0 Å². The number of benzene rings is 1. The van der Waals surface area contributed by atoms with E-state index in [1.54, 1.807) is 0 Å². The molecule has 4 rings (SSSR count). The number of aliphatic hydroxyl groups is 1. The summed E-state index contributed by atoms with van der Waals surface area (Å²) in [7, 11) is 0. The first-order valence-corrected chi connectivity index (χ1v) is 11.0. The Balaban J connectivity index is 1.52. The highest BCUT2D eigenvalue weighted by molar-refractivity contribution is 8.03. The Morgan fingerprint density at radius 3 is 2.70 bits per heavy atom.